The second-order valence-electron chi connectivity index (χ2n) is 5.85. The number of carbonyl (C=O) groups is 2. The summed E-state index contributed by atoms with van der Waals surface area (Å²) in [5.74, 6) is -1.30. The fourth-order valence-corrected chi connectivity index (χ4v) is 2.46. The van der Waals surface area contributed by atoms with Gasteiger partial charge >= 0.3 is 11.5 Å². The van der Waals surface area contributed by atoms with Crippen molar-refractivity contribution in [3.63, 3.8) is 0 Å². The van der Waals surface area contributed by atoms with Crippen molar-refractivity contribution in [1.82, 2.24) is 9.71 Å². The monoisotopic (exact) mass is 397 g/mol. The van der Waals surface area contributed by atoms with Crippen molar-refractivity contribution in [1.29, 1.82) is 0 Å². The number of aromatic nitrogens is 2. The molecule has 1 amide bonds. The van der Waals surface area contributed by atoms with Gasteiger partial charge in [-0.3, -0.25) is 14.4 Å². The minimum atomic E-state index is -0.852. The summed E-state index contributed by atoms with van der Waals surface area (Å²) >= 11 is 0. The average molecular weight is 397 g/mol. The lowest BCUT2D eigenvalue weighted by molar-refractivity contribution is -0.141. The molecule has 0 spiro atoms. The third-order valence-corrected chi connectivity index (χ3v) is 3.77. The number of anilines is 1. The van der Waals surface area contributed by atoms with E-state index in [0.29, 0.717) is 21.8 Å². The van der Waals surface area contributed by atoms with Crippen LogP contribution in [0.3, 0.4) is 0 Å². The molecule has 0 fully saturated rings. The Balaban J connectivity index is 1.98. The normalized spacial score (nSPS) is 10.4. The number of halogens is 1. The van der Waals surface area contributed by atoms with Crippen LogP contribution < -0.4 is 15.5 Å². The lowest BCUT2D eigenvalue weighted by atomic mass is 10.2. The van der Waals surface area contributed by atoms with Gasteiger partial charge in [-0.25, -0.2) is 14.2 Å². The van der Waals surface area contributed by atoms with Crippen LogP contribution in [0.15, 0.2) is 65.6 Å². The standard InChI is InChI=1S/C20H16FN3O5/c1-14(26)29-24-19(16-7-9-17(21)10-8-16)22-11-18(20(24)27)23(13-25)28-12-15-5-3-2-4-6-15/h2-11,13H,12H2,1H3. The van der Waals surface area contributed by atoms with Crippen molar-refractivity contribution >= 4 is 18.1 Å². The Morgan fingerprint density at radius 2 is 1.86 bits per heavy atom. The number of amides is 1. The Kier molecular flexibility index (Phi) is 6.10. The van der Waals surface area contributed by atoms with E-state index in [1.165, 1.54) is 24.3 Å². The molecule has 1 aromatic heterocycles. The van der Waals surface area contributed by atoms with E-state index in [2.05, 4.69) is 4.98 Å². The van der Waals surface area contributed by atoms with E-state index in [0.717, 1.165) is 18.7 Å². The highest BCUT2D eigenvalue weighted by molar-refractivity contribution is 5.72. The number of hydrogen-bond donors (Lipinski definition) is 0. The van der Waals surface area contributed by atoms with Gasteiger partial charge in [-0.2, -0.15) is 5.06 Å². The van der Waals surface area contributed by atoms with Crippen LogP contribution in [0.25, 0.3) is 11.4 Å². The Morgan fingerprint density at radius 1 is 1.17 bits per heavy atom. The summed E-state index contributed by atoms with van der Waals surface area (Å²) in [6.45, 7) is 1.13. The van der Waals surface area contributed by atoms with Crippen molar-refractivity contribution in [2.24, 2.45) is 0 Å². The van der Waals surface area contributed by atoms with E-state index in [4.69, 9.17) is 9.68 Å². The number of hydrogen-bond acceptors (Lipinski definition) is 6. The highest BCUT2D eigenvalue weighted by Gasteiger charge is 2.20. The SMILES string of the molecule is CC(=O)On1c(-c2ccc(F)cc2)ncc(N(C=O)OCc2ccccc2)c1=O. The van der Waals surface area contributed by atoms with Crippen LogP contribution in [0, 0.1) is 5.82 Å². The van der Waals surface area contributed by atoms with Gasteiger partial charge in [-0.05, 0) is 29.8 Å². The zero-order chi connectivity index (χ0) is 20.8. The molecule has 9 heteroatoms. The number of nitrogens with zero attached hydrogens (tertiary/aromatic N) is 3. The maximum Gasteiger partial charge on any atom is 0.330 e. The molecule has 0 unspecified atom stereocenters. The second kappa shape index (κ2) is 8.89. The lowest BCUT2D eigenvalue weighted by Crippen LogP contribution is -2.37. The topological polar surface area (TPSA) is 90.7 Å². The highest BCUT2D eigenvalue weighted by atomic mass is 19.1. The van der Waals surface area contributed by atoms with Gasteiger partial charge < -0.3 is 4.84 Å². The van der Waals surface area contributed by atoms with E-state index < -0.39 is 17.3 Å². The molecule has 8 nitrogen and oxygen atoms in total. The van der Waals surface area contributed by atoms with Crippen molar-refractivity contribution in [2.45, 2.75) is 13.5 Å². The van der Waals surface area contributed by atoms with E-state index in [-0.39, 0.29) is 18.1 Å². The number of carbonyl (C=O) groups excluding carboxylic acids is 2. The van der Waals surface area contributed by atoms with Crippen molar-refractivity contribution in [2.75, 3.05) is 5.06 Å². The van der Waals surface area contributed by atoms with Crippen molar-refractivity contribution in [3.8, 4) is 11.4 Å². The molecule has 0 atom stereocenters. The van der Waals surface area contributed by atoms with Crippen LogP contribution >= 0.6 is 0 Å². The van der Waals surface area contributed by atoms with Gasteiger partial charge in [0, 0.05) is 12.5 Å². The molecule has 0 N–H and O–H groups in total. The Bertz CT molecular complexity index is 1070. The minimum absolute atomic E-state index is 0.0201. The molecular formula is C20H16FN3O5. The zero-order valence-electron chi connectivity index (χ0n) is 15.3. The van der Waals surface area contributed by atoms with E-state index in [1.54, 1.807) is 24.3 Å². The maximum atomic E-state index is 13.2. The molecule has 148 valence electrons. The lowest BCUT2D eigenvalue weighted by Gasteiger charge is -2.18. The largest absolute Gasteiger partial charge is 0.332 e. The van der Waals surface area contributed by atoms with E-state index in [1.807, 2.05) is 6.07 Å². The van der Waals surface area contributed by atoms with Gasteiger partial charge in [0.05, 0.1) is 6.20 Å². The Hall–Kier alpha value is -3.85. The smallest absolute Gasteiger partial charge is 0.330 e. The first-order chi connectivity index (χ1) is 14.0. The van der Waals surface area contributed by atoms with E-state index in [9.17, 15) is 18.8 Å². The molecule has 0 aliphatic heterocycles. The molecule has 1 heterocycles. The molecule has 29 heavy (non-hydrogen) atoms. The Morgan fingerprint density at radius 3 is 2.48 bits per heavy atom. The fourth-order valence-electron chi connectivity index (χ4n) is 2.46. The molecule has 0 radical (unpaired) electrons. The number of benzene rings is 2. The molecule has 3 rings (SSSR count). The van der Waals surface area contributed by atoms with Crippen LogP contribution in [0.4, 0.5) is 10.1 Å². The molecule has 0 saturated heterocycles. The third-order valence-electron chi connectivity index (χ3n) is 3.77. The van der Waals surface area contributed by atoms with Crippen molar-refractivity contribution < 1.29 is 23.7 Å². The average Bonchev–Trinajstić information content (AvgIpc) is 2.72. The summed E-state index contributed by atoms with van der Waals surface area (Å²) in [7, 11) is 0. The predicted octanol–water partition coefficient (Wildman–Crippen LogP) is 2.12. The van der Waals surface area contributed by atoms with Gasteiger partial charge in [0.15, 0.2) is 11.5 Å². The summed E-state index contributed by atoms with van der Waals surface area (Å²) in [4.78, 5) is 50.3. The van der Waals surface area contributed by atoms with E-state index >= 15 is 0 Å². The summed E-state index contributed by atoms with van der Waals surface area (Å²) in [6.07, 6.45) is 1.41. The maximum absolute atomic E-state index is 13.2. The van der Waals surface area contributed by atoms with Gasteiger partial charge in [-0.1, -0.05) is 30.3 Å². The minimum Gasteiger partial charge on any atom is -0.332 e. The first-order valence-corrected chi connectivity index (χ1v) is 8.48. The third kappa shape index (κ3) is 4.71. The first-order valence-electron chi connectivity index (χ1n) is 8.48. The summed E-state index contributed by atoms with van der Waals surface area (Å²) < 4.78 is 13.8. The number of hydroxylamine groups is 1. The fraction of sp³-hybridized carbons (Fsp3) is 0.100. The molecule has 0 bridgehead atoms. The second-order valence-corrected chi connectivity index (χ2v) is 5.85. The van der Waals surface area contributed by atoms with Gasteiger partial charge in [0.2, 0.25) is 6.41 Å². The quantitative estimate of drug-likeness (QED) is 0.448. The van der Waals surface area contributed by atoms with Crippen molar-refractivity contribution in [3.05, 3.63) is 82.5 Å². The predicted molar refractivity (Wildman–Crippen MR) is 101 cm³/mol. The Labute approximate surface area is 164 Å². The van der Waals surface area contributed by atoms with Crippen LogP contribution in [-0.4, -0.2) is 22.1 Å². The summed E-state index contributed by atoms with van der Waals surface area (Å²) in [5, 5.41) is 0.705. The van der Waals surface area contributed by atoms with Crippen LogP contribution in [0.5, 0.6) is 0 Å². The summed E-state index contributed by atoms with van der Waals surface area (Å²) in [6, 6.07) is 14.1. The van der Waals surface area contributed by atoms with Gasteiger partial charge in [-0.15, -0.1) is 4.73 Å². The molecular weight excluding hydrogens is 381 g/mol. The number of rotatable bonds is 7. The molecule has 2 aromatic carbocycles. The van der Waals surface area contributed by atoms with Crippen LogP contribution in [0.1, 0.15) is 12.5 Å². The molecule has 3 aromatic rings. The summed E-state index contributed by atoms with van der Waals surface area (Å²) in [5.41, 5.74) is -0.00700. The first kappa shape index (κ1) is 19.9. The van der Waals surface area contributed by atoms with Gasteiger partial charge in [0.1, 0.15) is 12.4 Å². The molecule has 0 aliphatic carbocycles. The van der Waals surface area contributed by atoms with Crippen LogP contribution in [-0.2, 0) is 21.0 Å². The zero-order valence-corrected chi connectivity index (χ0v) is 15.3. The highest BCUT2D eigenvalue weighted by Crippen LogP contribution is 2.18. The molecule has 0 aliphatic rings. The van der Waals surface area contributed by atoms with Gasteiger partial charge in [0.25, 0.3) is 0 Å². The molecule has 0 saturated carbocycles. The van der Waals surface area contributed by atoms with Crippen LogP contribution in [0.2, 0.25) is 0 Å².